The predicted molar refractivity (Wildman–Crippen MR) is 78.6 cm³/mol. The fourth-order valence-electron chi connectivity index (χ4n) is 2.59. The van der Waals surface area contributed by atoms with Crippen molar-refractivity contribution >= 4 is 21.8 Å². The number of carbonyl (C=O) groups excluding carboxylic acids is 1. The van der Waals surface area contributed by atoms with Crippen molar-refractivity contribution in [3.05, 3.63) is 31.5 Å². The zero-order chi connectivity index (χ0) is 14.7. The molecule has 0 unspecified atom stereocenters. The van der Waals surface area contributed by atoms with Crippen LogP contribution >= 0.6 is 15.9 Å². The number of hydrogen-bond acceptors (Lipinski definition) is 3. The lowest BCUT2D eigenvalue weighted by molar-refractivity contribution is -0.122. The summed E-state index contributed by atoms with van der Waals surface area (Å²) in [5.41, 5.74) is -1.07. The average molecular weight is 344 g/mol. The molecule has 6 nitrogen and oxygen atoms in total. The number of halogens is 1. The highest BCUT2D eigenvalue weighted by molar-refractivity contribution is 9.10. The molecule has 20 heavy (non-hydrogen) atoms. The topological polar surface area (TPSA) is 84.0 Å². The van der Waals surface area contributed by atoms with Crippen LogP contribution in [-0.4, -0.2) is 21.5 Å². The Kier molecular flexibility index (Phi) is 4.80. The molecule has 0 radical (unpaired) electrons. The molecule has 1 aliphatic rings. The van der Waals surface area contributed by atoms with E-state index in [4.69, 9.17) is 0 Å². The van der Waals surface area contributed by atoms with Crippen molar-refractivity contribution in [3.8, 4) is 0 Å². The summed E-state index contributed by atoms with van der Waals surface area (Å²) in [5.74, 6) is 0.421. The van der Waals surface area contributed by atoms with Gasteiger partial charge in [-0.2, -0.15) is 0 Å². The highest BCUT2D eigenvalue weighted by Crippen LogP contribution is 2.23. The maximum absolute atomic E-state index is 12.0. The highest BCUT2D eigenvalue weighted by Gasteiger charge is 2.20. The first kappa shape index (κ1) is 15.0. The molecule has 7 heteroatoms. The Bertz CT molecular complexity index is 608. The molecule has 1 aromatic rings. The number of nitrogens with zero attached hydrogens (tertiary/aromatic N) is 1. The Labute approximate surface area is 124 Å². The minimum atomic E-state index is -0.578. The van der Waals surface area contributed by atoms with Crippen LogP contribution in [0.15, 0.2) is 20.3 Å². The van der Waals surface area contributed by atoms with Crippen molar-refractivity contribution in [3.63, 3.8) is 0 Å². The van der Waals surface area contributed by atoms with Gasteiger partial charge in [0, 0.05) is 12.2 Å². The standard InChI is InChI=1S/C13H18BrN3O3/c1-8-3-2-4-9(5-8)15-11(18)7-17-6-10(14)12(19)16-13(17)20/h6,8-9H,2-5,7H2,1H3,(H,15,18)(H,16,19,20)/t8-,9+/m0/s1. The summed E-state index contributed by atoms with van der Waals surface area (Å²) in [6, 6.07) is 0.188. The summed E-state index contributed by atoms with van der Waals surface area (Å²) in [5, 5.41) is 2.95. The number of rotatable bonds is 3. The zero-order valence-electron chi connectivity index (χ0n) is 11.3. The molecule has 1 saturated carbocycles. The Morgan fingerprint density at radius 2 is 2.25 bits per heavy atom. The van der Waals surface area contributed by atoms with E-state index in [1.807, 2.05) is 0 Å². The Morgan fingerprint density at radius 3 is 2.95 bits per heavy atom. The number of H-pyrrole nitrogens is 1. The van der Waals surface area contributed by atoms with Crippen LogP contribution in [0.2, 0.25) is 0 Å². The van der Waals surface area contributed by atoms with Crippen molar-refractivity contribution in [2.24, 2.45) is 5.92 Å². The van der Waals surface area contributed by atoms with Crippen molar-refractivity contribution < 1.29 is 4.79 Å². The van der Waals surface area contributed by atoms with Gasteiger partial charge in [0.15, 0.2) is 0 Å². The van der Waals surface area contributed by atoms with Crippen LogP contribution in [0.3, 0.4) is 0 Å². The molecule has 0 saturated heterocycles. The third-order valence-corrected chi connectivity index (χ3v) is 4.15. The summed E-state index contributed by atoms with van der Waals surface area (Å²) < 4.78 is 1.42. The third kappa shape index (κ3) is 3.82. The van der Waals surface area contributed by atoms with Gasteiger partial charge >= 0.3 is 5.69 Å². The third-order valence-electron chi connectivity index (χ3n) is 3.58. The zero-order valence-corrected chi connectivity index (χ0v) is 12.9. The largest absolute Gasteiger partial charge is 0.352 e. The molecule has 1 amide bonds. The number of nitrogens with one attached hydrogen (secondary N) is 2. The lowest BCUT2D eigenvalue weighted by Crippen LogP contribution is -2.42. The monoisotopic (exact) mass is 343 g/mol. The van der Waals surface area contributed by atoms with Crippen LogP contribution in [0.5, 0.6) is 0 Å². The van der Waals surface area contributed by atoms with E-state index in [-0.39, 0.29) is 23.0 Å². The molecule has 0 aliphatic heterocycles. The van der Waals surface area contributed by atoms with E-state index in [2.05, 4.69) is 33.2 Å². The molecule has 1 aromatic heterocycles. The quantitative estimate of drug-likeness (QED) is 0.858. The summed E-state index contributed by atoms with van der Waals surface area (Å²) in [6.45, 7) is 2.10. The lowest BCUT2D eigenvalue weighted by Gasteiger charge is -2.27. The van der Waals surface area contributed by atoms with Gasteiger partial charge in [0.05, 0.1) is 4.47 Å². The van der Waals surface area contributed by atoms with Crippen LogP contribution in [0.25, 0.3) is 0 Å². The van der Waals surface area contributed by atoms with Gasteiger partial charge in [-0.1, -0.05) is 19.8 Å². The lowest BCUT2D eigenvalue weighted by atomic mass is 9.87. The van der Waals surface area contributed by atoms with Gasteiger partial charge in [-0.05, 0) is 34.7 Å². The van der Waals surface area contributed by atoms with Gasteiger partial charge in [-0.3, -0.25) is 19.1 Å². The van der Waals surface area contributed by atoms with Gasteiger partial charge in [0.2, 0.25) is 5.91 Å². The first-order chi connectivity index (χ1) is 9.45. The van der Waals surface area contributed by atoms with E-state index in [9.17, 15) is 14.4 Å². The molecular weight excluding hydrogens is 326 g/mol. The van der Waals surface area contributed by atoms with Crippen LogP contribution in [0, 0.1) is 5.92 Å². The predicted octanol–water partition coefficient (Wildman–Crippen LogP) is 0.994. The molecular formula is C13H18BrN3O3. The van der Waals surface area contributed by atoms with E-state index in [0.29, 0.717) is 5.92 Å². The molecule has 0 aromatic carbocycles. The summed E-state index contributed by atoms with van der Waals surface area (Å²) in [6.07, 6.45) is 5.63. The van der Waals surface area contributed by atoms with Gasteiger partial charge in [-0.15, -0.1) is 0 Å². The second kappa shape index (κ2) is 6.39. The number of aromatic nitrogens is 2. The van der Waals surface area contributed by atoms with Crippen LogP contribution in [-0.2, 0) is 11.3 Å². The van der Waals surface area contributed by atoms with Gasteiger partial charge in [0.25, 0.3) is 5.56 Å². The Morgan fingerprint density at radius 1 is 1.50 bits per heavy atom. The first-order valence-electron chi connectivity index (χ1n) is 6.74. The van der Waals surface area contributed by atoms with E-state index in [0.717, 1.165) is 19.3 Å². The van der Waals surface area contributed by atoms with Crippen LogP contribution < -0.4 is 16.6 Å². The smallest absolute Gasteiger partial charge is 0.328 e. The number of aromatic amines is 1. The van der Waals surface area contributed by atoms with E-state index in [1.165, 1.54) is 17.2 Å². The van der Waals surface area contributed by atoms with E-state index < -0.39 is 11.2 Å². The molecule has 1 aliphatic carbocycles. The fourth-order valence-corrected chi connectivity index (χ4v) is 2.94. The van der Waals surface area contributed by atoms with Crippen molar-refractivity contribution in [1.82, 2.24) is 14.9 Å². The first-order valence-corrected chi connectivity index (χ1v) is 7.53. The molecule has 1 fully saturated rings. The highest BCUT2D eigenvalue weighted by atomic mass is 79.9. The van der Waals surface area contributed by atoms with E-state index >= 15 is 0 Å². The van der Waals surface area contributed by atoms with Crippen LogP contribution in [0.1, 0.15) is 32.6 Å². The molecule has 110 valence electrons. The minimum Gasteiger partial charge on any atom is -0.352 e. The van der Waals surface area contributed by atoms with Crippen molar-refractivity contribution in [1.29, 1.82) is 0 Å². The second-order valence-corrected chi connectivity index (χ2v) is 6.25. The number of carbonyl (C=O) groups is 1. The van der Waals surface area contributed by atoms with Crippen LogP contribution in [0.4, 0.5) is 0 Å². The molecule has 2 rings (SSSR count). The Hall–Kier alpha value is -1.37. The molecule has 2 atom stereocenters. The Balaban J connectivity index is 1.99. The average Bonchev–Trinajstić information content (AvgIpc) is 2.36. The maximum Gasteiger partial charge on any atom is 0.328 e. The summed E-state index contributed by atoms with van der Waals surface area (Å²) in [7, 11) is 0. The van der Waals surface area contributed by atoms with Gasteiger partial charge in [-0.25, -0.2) is 4.79 Å². The molecule has 1 heterocycles. The second-order valence-electron chi connectivity index (χ2n) is 5.40. The van der Waals surface area contributed by atoms with Crippen molar-refractivity contribution in [2.75, 3.05) is 0 Å². The summed E-state index contributed by atoms with van der Waals surface area (Å²) in [4.78, 5) is 36.9. The van der Waals surface area contributed by atoms with E-state index in [1.54, 1.807) is 0 Å². The maximum atomic E-state index is 12.0. The normalized spacial score (nSPS) is 22.5. The number of amides is 1. The van der Waals surface area contributed by atoms with Gasteiger partial charge in [0.1, 0.15) is 6.54 Å². The van der Waals surface area contributed by atoms with Gasteiger partial charge < -0.3 is 5.32 Å². The molecule has 0 bridgehead atoms. The SMILES string of the molecule is C[C@H]1CCC[C@@H](NC(=O)Cn2cc(Br)c(=O)[nH]c2=O)C1. The summed E-state index contributed by atoms with van der Waals surface area (Å²) >= 11 is 3.04. The minimum absolute atomic E-state index is 0.0842. The molecule has 2 N–H and O–H groups in total. The fraction of sp³-hybridized carbons (Fsp3) is 0.615. The van der Waals surface area contributed by atoms with Crippen molar-refractivity contribution in [2.45, 2.75) is 45.2 Å². The molecule has 0 spiro atoms. The number of hydrogen-bond donors (Lipinski definition) is 2.